The van der Waals surface area contributed by atoms with Crippen LogP contribution < -0.4 is 10.1 Å². The van der Waals surface area contributed by atoms with Gasteiger partial charge in [0.15, 0.2) is 6.61 Å². The summed E-state index contributed by atoms with van der Waals surface area (Å²) in [6.45, 7) is 1.33. The lowest BCUT2D eigenvalue weighted by atomic mass is 10.1. The number of benzene rings is 1. The Kier molecular flexibility index (Phi) is 6.72. The van der Waals surface area contributed by atoms with E-state index in [1.54, 1.807) is 17.3 Å². The zero-order valence-electron chi connectivity index (χ0n) is 14.6. The number of carbonyl (C=O) groups excluding carboxylic acids is 1. The molecular weight excluding hydrogens is 385 g/mol. The molecule has 10 heteroatoms. The third-order valence-electron chi connectivity index (χ3n) is 4.24. The fraction of sp³-hybridized carbons (Fsp3) is 0.412. The molecule has 1 N–H and O–H groups in total. The highest BCUT2D eigenvalue weighted by Gasteiger charge is 2.32. The van der Waals surface area contributed by atoms with Gasteiger partial charge in [0.1, 0.15) is 17.6 Å². The number of hydrogen-bond donors (Lipinski definition) is 1. The Morgan fingerprint density at radius 2 is 2.19 bits per heavy atom. The molecule has 3 rings (SSSR count). The minimum atomic E-state index is -4.45. The number of alkyl halides is 3. The first kappa shape index (κ1) is 21.0. The van der Waals surface area contributed by atoms with Crippen molar-refractivity contribution in [3.63, 3.8) is 0 Å². The van der Waals surface area contributed by atoms with Crippen molar-refractivity contribution in [3.05, 3.63) is 48.0 Å². The van der Waals surface area contributed by atoms with Crippen molar-refractivity contribution in [1.29, 1.82) is 0 Å². The predicted octanol–water partition coefficient (Wildman–Crippen LogP) is 2.41. The van der Waals surface area contributed by atoms with Crippen LogP contribution in [0.4, 0.5) is 13.2 Å². The van der Waals surface area contributed by atoms with Crippen LogP contribution in [0.25, 0.3) is 0 Å². The van der Waals surface area contributed by atoms with Crippen LogP contribution in [0.15, 0.2) is 36.7 Å². The summed E-state index contributed by atoms with van der Waals surface area (Å²) >= 11 is 0. The zero-order valence-corrected chi connectivity index (χ0v) is 15.4. The number of nitrogens with zero attached hydrogens (tertiary/aromatic N) is 3. The van der Waals surface area contributed by atoms with Gasteiger partial charge >= 0.3 is 6.18 Å². The van der Waals surface area contributed by atoms with Gasteiger partial charge in [0.2, 0.25) is 0 Å². The molecule has 2 heterocycles. The molecule has 1 unspecified atom stereocenters. The normalized spacial score (nSPS) is 17.3. The molecule has 1 atom stereocenters. The van der Waals surface area contributed by atoms with Crippen molar-refractivity contribution in [2.24, 2.45) is 7.05 Å². The van der Waals surface area contributed by atoms with E-state index in [4.69, 9.17) is 4.74 Å². The quantitative estimate of drug-likeness (QED) is 0.850. The van der Waals surface area contributed by atoms with Gasteiger partial charge in [-0.2, -0.15) is 13.2 Å². The molecule has 0 spiro atoms. The van der Waals surface area contributed by atoms with Gasteiger partial charge in [0.05, 0.1) is 5.56 Å². The molecule has 6 nitrogen and oxygen atoms in total. The zero-order chi connectivity index (χ0) is 18.7. The highest BCUT2D eigenvalue weighted by Crippen LogP contribution is 2.31. The van der Waals surface area contributed by atoms with Gasteiger partial charge in [0.25, 0.3) is 5.91 Å². The number of hydrogen-bond acceptors (Lipinski definition) is 4. The second-order valence-corrected chi connectivity index (χ2v) is 6.02. The SMILES string of the molecule is Cl.Cn1ccnc1C1CNCCN1C(=O)COc1cccc(C(F)(F)F)c1. The Morgan fingerprint density at radius 3 is 2.85 bits per heavy atom. The third-order valence-corrected chi connectivity index (χ3v) is 4.24. The van der Waals surface area contributed by atoms with Gasteiger partial charge in [-0.1, -0.05) is 6.07 Å². The molecule has 0 radical (unpaired) electrons. The van der Waals surface area contributed by atoms with Crippen molar-refractivity contribution in [2.45, 2.75) is 12.2 Å². The first-order valence-electron chi connectivity index (χ1n) is 8.14. The molecule has 2 aromatic rings. The molecule has 1 aliphatic rings. The van der Waals surface area contributed by atoms with Crippen molar-refractivity contribution < 1.29 is 22.7 Å². The molecule has 0 aliphatic carbocycles. The number of nitrogens with one attached hydrogen (secondary N) is 1. The van der Waals surface area contributed by atoms with Gasteiger partial charge in [0, 0.05) is 39.1 Å². The highest BCUT2D eigenvalue weighted by atomic mass is 35.5. The first-order valence-corrected chi connectivity index (χ1v) is 8.14. The van der Waals surface area contributed by atoms with E-state index in [0.29, 0.717) is 19.6 Å². The van der Waals surface area contributed by atoms with E-state index in [-0.39, 0.29) is 36.7 Å². The van der Waals surface area contributed by atoms with Crippen LogP contribution in [0.5, 0.6) is 5.75 Å². The number of imidazole rings is 1. The molecule has 1 amide bonds. The summed E-state index contributed by atoms with van der Waals surface area (Å²) in [5.41, 5.74) is -0.810. The minimum Gasteiger partial charge on any atom is -0.484 e. The number of piperazine rings is 1. The van der Waals surface area contributed by atoms with E-state index in [1.807, 2.05) is 11.6 Å². The van der Waals surface area contributed by atoms with Gasteiger partial charge < -0.3 is 19.5 Å². The lowest BCUT2D eigenvalue weighted by molar-refractivity contribution is -0.137. The van der Waals surface area contributed by atoms with E-state index >= 15 is 0 Å². The van der Waals surface area contributed by atoms with Crippen LogP contribution in [-0.4, -0.2) is 46.6 Å². The first-order chi connectivity index (χ1) is 12.4. The van der Waals surface area contributed by atoms with Crippen molar-refractivity contribution >= 4 is 18.3 Å². The summed E-state index contributed by atoms with van der Waals surface area (Å²) in [6, 6.07) is 4.26. The van der Waals surface area contributed by atoms with E-state index in [0.717, 1.165) is 18.0 Å². The standard InChI is InChI=1S/C17H19F3N4O2.ClH/c1-23-7-6-22-16(23)14-10-21-5-8-24(14)15(25)11-26-13-4-2-3-12(9-13)17(18,19)20;/h2-4,6-7,9,14,21H,5,8,10-11H2,1H3;1H. The largest absolute Gasteiger partial charge is 0.484 e. The summed E-state index contributed by atoms with van der Waals surface area (Å²) in [4.78, 5) is 18.5. The van der Waals surface area contributed by atoms with Crippen molar-refractivity contribution in [1.82, 2.24) is 19.8 Å². The summed E-state index contributed by atoms with van der Waals surface area (Å²) in [5.74, 6) is 0.457. The van der Waals surface area contributed by atoms with E-state index in [1.165, 1.54) is 12.1 Å². The summed E-state index contributed by atoms with van der Waals surface area (Å²) < 4.78 is 45.4. The summed E-state index contributed by atoms with van der Waals surface area (Å²) in [6.07, 6.45) is -0.997. The molecule has 1 aromatic heterocycles. The smallest absolute Gasteiger partial charge is 0.416 e. The summed E-state index contributed by atoms with van der Waals surface area (Å²) in [7, 11) is 1.85. The van der Waals surface area contributed by atoms with Gasteiger partial charge in [-0.25, -0.2) is 4.98 Å². The van der Waals surface area contributed by atoms with Crippen molar-refractivity contribution in [2.75, 3.05) is 26.2 Å². The lowest BCUT2D eigenvalue weighted by Crippen LogP contribution is -2.50. The number of rotatable bonds is 4. The molecule has 148 valence electrons. The van der Waals surface area contributed by atoms with Crippen LogP contribution >= 0.6 is 12.4 Å². The molecule has 0 bridgehead atoms. The number of aryl methyl sites for hydroxylation is 1. The minimum absolute atomic E-state index is 0. The maximum Gasteiger partial charge on any atom is 0.416 e. The number of ether oxygens (including phenoxy) is 1. The highest BCUT2D eigenvalue weighted by molar-refractivity contribution is 5.85. The maximum absolute atomic E-state index is 12.8. The Hall–Kier alpha value is -2.26. The fourth-order valence-corrected chi connectivity index (χ4v) is 2.92. The Labute approximate surface area is 160 Å². The molecule has 0 saturated carbocycles. The van der Waals surface area contributed by atoms with Crippen LogP contribution in [0.2, 0.25) is 0 Å². The molecule has 1 fully saturated rings. The van der Waals surface area contributed by atoms with E-state index in [2.05, 4.69) is 10.3 Å². The second kappa shape index (κ2) is 8.62. The average Bonchev–Trinajstić information content (AvgIpc) is 3.05. The third kappa shape index (κ3) is 4.92. The monoisotopic (exact) mass is 404 g/mol. The van der Waals surface area contributed by atoms with Gasteiger partial charge in [-0.05, 0) is 18.2 Å². The Bertz CT molecular complexity index is 782. The van der Waals surface area contributed by atoms with Crippen LogP contribution in [0.3, 0.4) is 0 Å². The number of halogens is 4. The average molecular weight is 405 g/mol. The fourth-order valence-electron chi connectivity index (χ4n) is 2.92. The molecule has 1 saturated heterocycles. The molecule has 27 heavy (non-hydrogen) atoms. The topological polar surface area (TPSA) is 59.4 Å². The second-order valence-electron chi connectivity index (χ2n) is 6.02. The van der Waals surface area contributed by atoms with Crippen LogP contribution in [-0.2, 0) is 18.0 Å². The van der Waals surface area contributed by atoms with Crippen molar-refractivity contribution in [3.8, 4) is 5.75 Å². The van der Waals surface area contributed by atoms with Gasteiger partial charge in [-0.15, -0.1) is 12.4 Å². The van der Waals surface area contributed by atoms with E-state index < -0.39 is 11.7 Å². The predicted molar refractivity (Wildman–Crippen MR) is 94.7 cm³/mol. The van der Waals surface area contributed by atoms with Crippen LogP contribution in [0, 0.1) is 0 Å². The Balaban J connectivity index is 0.00000261. The molecule has 1 aliphatic heterocycles. The summed E-state index contributed by atoms with van der Waals surface area (Å²) in [5, 5.41) is 3.22. The molecule has 1 aromatic carbocycles. The Morgan fingerprint density at radius 1 is 1.41 bits per heavy atom. The number of aromatic nitrogens is 2. The van der Waals surface area contributed by atoms with Gasteiger partial charge in [-0.3, -0.25) is 4.79 Å². The maximum atomic E-state index is 12.8. The number of carbonyl (C=O) groups is 1. The van der Waals surface area contributed by atoms with E-state index in [9.17, 15) is 18.0 Å². The number of amides is 1. The molecular formula is C17H20ClF3N4O2. The van der Waals surface area contributed by atoms with Crippen LogP contribution in [0.1, 0.15) is 17.4 Å². The lowest BCUT2D eigenvalue weighted by Gasteiger charge is -2.35.